The molecular weight excluding hydrogens is 254 g/mol. The molecule has 98 valence electrons. The van der Waals surface area contributed by atoms with E-state index in [1.54, 1.807) is 4.90 Å². The van der Waals surface area contributed by atoms with Crippen molar-refractivity contribution < 1.29 is 14.6 Å². The average Bonchev–Trinajstić information content (AvgIpc) is 2.30. The number of hydrogen-bond acceptors (Lipinski definition) is 3. The van der Waals surface area contributed by atoms with Gasteiger partial charge in [0.1, 0.15) is 5.75 Å². The number of halogens is 1. The second-order valence-electron chi connectivity index (χ2n) is 4.63. The van der Waals surface area contributed by atoms with Gasteiger partial charge in [0.25, 0.3) is 5.91 Å². The summed E-state index contributed by atoms with van der Waals surface area (Å²) < 4.78 is 5.58. The maximum absolute atomic E-state index is 12.3. The minimum absolute atomic E-state index is 0.00813. The van der Waals surface area contributed by atoms with Crippen LogP contribution in [-0.2, 0) is 4.74 Å². The first-order valence-electron chi connectivity index (χ1n) is 5.90. The van der Waals surface area contributed by atoms with Crippen LogP contribution in [0, 0.1) is 0 Å². The smallest absolute Gasteiger partial charge is 0.255 e. The molecule has 1 aliphatic heterocycles. The SMILES string of the molecule is CC1CN(C(=O)c2cc(O)ccc2Cl)CC(C)O1. The lowest BCUT2D eigenvalue weighted by molar-refractivity contribution is -0.0586. The van der Waals surface area contributed by atoms with Crippen LogP contribution in [0.4, 0.5) is 0 Å². The number of aromatic hydroxyl groups is 1. The fourth-order valence-electron chi connectivity index (χ4n) is 2.19. The molecule has 1 aliphatic rings. The zero-order valence-electron chi connectivity index (χ0n) is 10.4. The van der Waals surface area contributed by atoms with Crippen LogP contribution < -0.4 is 0 Å². The topological polar surface area (TPSA) is 49.8 Å². The standard InChI is InChI=1S/C13H16ClNO3/c1-8-6-15(7-9(2)18-8)13(17)11-5-10(16)3-4-12(11)14/h3-5,8-9,16H,6-7H2,1-2H3. The molecule has 0 aromatic heterocycles. The van der Waals surface area contributed by atoms with Crippen molar-refractivity contribution in [3.8, 4) is 5.75 Å². The Morgan fingerprint density at radius 1 is 1.39 bits per heavy atom. The molecule has 1 fully saturated rings. The highest BCUT2D eigenvalue weighted by atomic mass is 35.5. The highest BCUT2D eigenvalue weighted by Gasteiger charge is 2.27. The predicted octanol–water partition coefficient (Wildman–Crippen LogP) is 2.29. The molecule has 1 saturated heterocycles. The van der Waals surface area contributed by atoms with Gasteiger partial charge in [-0.05, 0) is 32.0 Å². The Kier molecular flexibility index (Phi) is 3.78. The van der Waals surface area contributed by atoms with Gasteiger partial charge in [-0.2, -0.15) is 0 Å². The van der Waals surface area contributed by atoms with Gasteiger partial charge >= 0.3 is 0 Å². The van der Waals surface area contributed by atoms with Gasteiger partial charge in [-0.1, -0.05) is 11.6 Å². The summed E-state index contributed by atoms with van der Waals surface area (Å²) >= 11 is 5.99. The average molecular weight is 270 g/mol. The molecular formula is C13H16ClNO3. The minimum atomic E-state index is -0.169. The van der Waals surface area contributed by atoms with E-state index >= 15 is 0 Å². The van der Waals surface area contributed by atoms with Crippen molar-refractivity contribution in [1.29, 1.82) is 0 Å². The molecule has 1 amide bonds. The van der Waals surface area contributed by atoms with Gasteiger partial charge in [0.2, 0.25) is 0 Å². The second kappa shape index (κ2) is 5.16. The van der Waals surface area contributed by atoms with Crippen molar-refractivity contribution in [2.75, 3.05) is 13.1 Å². The Bertz CT molecular complexity index is 454. The van der Waals surface area contributed by atoms with Crippen LogP contribution >= 0.6 is 11.6 Å². The lowest BCUT2D eigenvalue weighted by Crippen LogP contribution is -2.48. The van der Waals surface area contributed by atoms with E-state index in [2.05, 4.69) is 0 Å². The van der Waals surface area contributed by atoms with Crippen LogP contribution in [0.2, 0.25) is 5.02 Å². The molecule has 1 N–H and O–H groups in total. The van der Waals surface area contributed by atoms with Crippen molar-refractivity contribution in [3.05, 3.63) is 28.8 Å². The molecule has 4 nitrogen and oxygen atoms in total. The molecule has 0 radical (unpaired) electrons. The number of hydrogen-bond donors (Lipinski definition) is 1. The van der Waals surface area contributed by atoms with Crippen molar-refractivity contribution in [2.45, 2.75) is 26.1 Å². The number of ether oxygens (including phenoxy) is 1. The fraction of sp³-hybridized carbons (Fsp3) is 0.462. The third-order valence-electron chi connectivity index (χ3n) is 2.89. The summed E-state index contributed by atoms with van der Waals surface area (Å²) in [5.74, 6) is -0.130. The van der Waals surface area contributed by atoms with Crippen LogP contribution in [0.25, 0.3) is 0 Å². The zero-order valence-corrected chi connectivity index (χ0v) is 11.1. The lowest BCUT2D eigenvalue weighted by Gasteiger charge is -2.35. The van der Waals surface area contributed by atoms with Crippen molar-refractivity contribution in [2.24, 2.45) is 0 Å². The van der Waals surface area contributed by atoms with Crippen LogP contribution in [-0.4, -0.2) is 41.2 Å². The molecule has 18 heavy (non-hydrogen) atoms. The van der Waals surface area contributed by atoms with Gasteiger partial charge in [-0.15, -0.1) is 0 Å². The molecule has 2 unspecified atom stereocenters. The molecule has 5 heteroatoms. The summed E-state index contributed by atoms with van der Waals surface area (Å²) in [5.41, 5.74) is 0.331. The largest absolute Gasteiger partial charge is 0.508 e. The summed E-state index contributed by atoms with van der Waals surface area (Å²) in [6, 6.07) is 4.39. The molecule has 0 spiro atoms. The summed E-state index contributed by atoms with van der Waals surface area (Å²) in [4.78, 5) is 14.0. The molecule has 2 rings (SSSR count). The molecule has 2 atom stereocenters. The van der Waals surface area contributed by atoms with Gasteiger partial charge in [0.05, 0.1) is 22.8 Å². The molecule has 1 aromatic rings. The Morgan fingerprint density at radius 3 is 2.61 bits per heavy atom. The summed E-state index contributed by atoms with van der Waals surface area (Å²) in [5, 5.41) is 9.79. The van der Waals surface area contributed by atoms with E-state index in [1.807, 2.05) is 13.8 Å². The maximum Gasteiger partial charge on any atom is 0.255 e. The van der Waals surface area contributed by atoms with Gasteiger partial charge in [0, 0.05) is 13.1 Å². The van der Waals surface area contributed by atoms with E-state index in [0.717, 1.165) is 0 Å². The monoisotopic (exact) mass is 269 g/mol. The third kappa shape index (κ3) is 2.76. The van der Waals surface area contributed by atoms with Crippen molar-refractivity contribution >= 4 is 17.5 Å². The first-order chi connectivity index (χ1) is 8.47. The lowest BCUT2D eigenvalue weighted by atomic mass is 10.1. The maximum atomic E-state index is 12.3. The van der Waals surface area contributed by atoms with Gasteiger partial charge in [0.15, 0.2) is 0 Å². The summed E-state index contributed by atoms with van der Waals surface area (Å²) in [6.45, 7) is 4.93. The Balaban J connectivity index is 2.22. The highest BCUT2D eigenvalue weighted by Crippen LogP contribution is 2.24. The van der Waals surface area contributed by atoms with E-state index in [0.29, 0.717) is 23.7 Å². The normalized spacial score (nSPS) is 24.1. The molecule has 0 saturated carbocycles. The van der Waals surface area contributed by atoms with Crippen molar-refractivity contribution in [3.63, 3.8) is 0 Å². The van der Waals surface area contributed by atoms with E-state index in [1.165, 1.54) is 18.2 Å². The van der Waals surface area contributed by atoms with Crippen molar-refractivity contribution in [1.82, 2.24) is 4.90 Å². The number of phenols is 1. The van der Waals surface area contributed by atoms with E-state index < -0.39 is 0 Å². The Labute approximate surface area is 111 Å². The Morgan fingerprint density at radius 2 is 2.00 bits per heavy atom. The number of phenolic OH excluding ortho intramolecular Hbond substituents is 1. The predicted molar refractivity (Wildman–Crippen MR) is 69.0 cm³/mol. The molecule has 0 bridgehead atoms. The number of carbonyl (C=O) groups is 1. The van der Waals surface area contributed by atoms with Crippen LogP contribution in [0.3, 0.4) is 0 Å². The van der Waals surface area contributed by atoms with Gasteiger partial charge < -0.3 is 14.7 Å². The van der Waals surface area contributed by atoms with E-state index in [-0.39, 0.29) is 23.9 Å². The van der Waals surface area contributed by atoms with Gasteiger partial charge in [-0.3, -0.25) is 4.79 Å². The van der Waals surface area contributed by atoms with Crippen LogP contribution in [0.15, 0.2) is 18.2 Å². The minimum Gasteiger partial charge on any atom is -0.508 e. The first kappa shape index (κ1) is 13.2. The second-order valence-corrected chi connectivity index (χ2v) is 5.04. The Hall–Kier alpha value is -1.26. The number of nitrogens with zero attached hydrogens (tertiary/aromatic N) is 1. The summed E-state index contributed by atoms with van der Waals surface area (Å²) in [7, 11) is 0. The van der Waals surface area contributed by atoms with Crippen LogP contribution in [0.5, 0.6) is 5.75 Å². The molecule has 0 aliphatic carbocycles. The quantitative estimate of drug-likeness (QED) is 0.851. The third-order valence-corrected chi connectivity index (χ3v) is 3.22. The number of benzene rings is 1. The van der Waals surface area contributed by atoms with Crippen LogP contribution in [0.1, 0.15) is 24.2 Å². The summed E-state index contributed by atoms with van der Waals surface area (Å²) in [6.07, 6.45) is 0.0163. The van der Waals surface area contributed by atoms with E-state index in [4.69, 9.17) is 16.3 Å². The zero-order chi connectivity index (χ0) is 13.3. The van der Waals surface area contributed by atoms with Gasteiger partial charge in [-0.25, -0.2) is 0 Å². The molecule has 1 heterocycles. The molecule has 1 aromatic carbocycles. The first-order valence-corrected chi connectivity index (χ1v) is 6.28. The van der Waals surface area contributed by atoms with E-state index in [9.17, 15) is 9.90 Å². The highest BCUT2D eigenvalue weighted by molar-refractivity contribution is 6.33. The number of morpholine rings is 1. The number of amides is 1. The number of carbonyl (C=O) groups excluding carboxylic acids is 1. The number of rotatable bonds is 1. The fourth-order valence-corrected chi connectivity index (χ4v) is 2.39.